The van der Waals surface area contributed by atoms with Gasteiger partial charge in [0.15, 0.2) is 0 Å². The monoisotopic (exact) mass is 250 g/mol. The summed E-state index contributed by atoms with van der Waals surface area (Å²) in [6.07, 6.45) is 2.97. The van der Waals surface area contributed by atoms with Crippen molar-refractivity contribution in [1.82, 2.24) is 10.2 Å². The lowest BCUT2D eigenvalue weighted by Crippen LogP contribution is -2.49. The zero-order valence-corrected chi connectivity index (χ0v) is 11.0. The summed E-state index contributed by atoms with van der Waals surface area (Å²) in [5.41, 5.74) is 0. The molecule has 2 unspecified atom stereocenters. The van der Waals surface area contributed by atoms with Crippen LogP contribution in [-0.4, -0.2) is 43.3 Å². The van der Waals surface area contributed by atoms with Crippen molar-refractivity contribution in [3.63, 3.8) is 0 Å². The molecule has 1 aromatic heterocycles. The highest BCUT2D eigenvalue weighted by atomic mass is 16.5. The van der Waals surface area contributed by atoms with Crippen LogP contribution < -0.4 is 5.32 Å². The Morgan fingerprint density at radius 3 is 3.22 bits per heavy atom. The van der Waals surface area contributed by atoms with Crippen LogP contribution in [0.4, 0.5) is 0 Å². The number of morpholine rings is 1. The lowest BCUT2D eigenvalue weighted by Gasteiger charge is -2.35. The van der Waals surface area contributed by atoms with Crippen LogP contribution in [0, 0.1) is 6.92 Å². The first-order chi connectivity index (χ1) is 8.81. The third-order valence-electron chi connectivity index (χ3n) is 3.93. The first-order valence-corrected chi connectivity index (χ1v) is 6.93. The van der Waals surface area contributed by atoms with Crippen molar-refractivity contribution in [2.24, 2.45) is 0 Å². The molecule has 0 saturated carbocycles. The molecule has 100 valence electrons. The summed E-state index contributed by atoms with van der Waals surface area (Å²) in [6, 6.07) is 4.72. The Kier molecular flexibility index (Phi) is 3.68. The van der Waals surface area contributed by atoms with E-state index in [0.29, 0.717) is 12.1 Å². The standard InChI is InChI=1S/C14H22N2O2/c1-11-4-5-13(18-11)7-15-8-14-9-16-6-2-3-12(16)10-17-14/h4-5,12,14-15H,2-3,6-10H2,1H3. The van der Waals surface area contributed by atoms with E-state index in [4.69, 9.17) is 9.15 Å². The topological polar surface area (TPSA) is 37.6 Å². The van der Waals surface area contributed by atoms with E-state index >= 15 is 0 Å². The molecule has 3 heterocycles. The third-order valence-corrected chi connectivity index (χ3v) is 3.93. The molecule has 0 amide bonds. The van der Waals surface area contributed by atoms with Gasteiger partial charge in [0.2, 0.25) is 0 Å². The minimum absolute atomic E-state index is 0.329. The molecule has 18 heavy (non-hydrogen) atoms. The predicted molar refractivity (Wildman–Crippen MR) is 69.5 cm³/mol. The summed E-state index contributed by atoms with van der Waals surface area (Å²) in [7, 11) is 0. The average molecular weight is 250 g/mol. The molecule has 1 N–H and O–H groups in total. The fourth-order valence-electron chi connectivity index (χ4n) is 2.95. The van der Waals surface area contributed by atoms with E-state index in [1.54, 1.807) is 0 Å². The predicted octanol–water partition coefficient (Wildman–Crippen LogP) is 1.54. The highest BCUT2D eigenvalue weighted by Gasteiger charge is 2.31. The van der Waals surface area contributed by atoms with Gasteiger partial charge in [-0.2, -0.15) is 0 Å². The maximum atomic E-state index is 5.90. The number of furan rings is 1. The van der Waals surface area contributed by atoms with E-state index in [9.17, 15) is 0 Å². The Hall–Kier alpha value is -0.840. The quantitative estimate of drug-likeness (QED) is 0.879. The van der Waals surface area contributed by atoms with Gasteiger partial charge in [-0.15, -0.1) is 0 Å². The maximum absolute atomic E-state index is 5.90. The SMILES string of the molecule is Cc1ccc(CNCC2CN3CCCC3CO2)o1. The number of hydrogen-bond acceptors (Lipinski definition) is 4. The number of ether oxygens (including phenoxy) is 1. The van der Waals surface area contributed by atoms with E-state index < -0.39 is 0 Å². The Morgan fingerprint density at radius 2 is 2.39 bits per heavy atom. The van der Waals surface area contributed by atoms with E-state index in [0.717, 1.165) is 37.8 Å². The van der Waals surface area contributed by atoms with Crippen LogP contribution in [0.5, 0.6) is 0 Å². The van der Waals surface area contributed by atoms with Crippen LogP contribution >= 0.6 is 0 Å². The molecule has 1 aromatic rings. The van der Waals surface area contributed by atoms with Crippen molar-refractivity contribution >= 4 is 0 Å². The molecule has 2 saturated heterocycles. The lowest BCUT2D eigenvalue weighted by atomic mass is 10.2. The molecule has 4 nitrogen and oxygen atoms in total. The second kappa shape index (κ2) is 5.43. The number of fused-ring (bicyclic) bond motifs is 1. The van der Waals surface area contributed by atoms with Crippen molar-refractivity contribution in [2.75, 3.05) is 26.2 Å². The van der Waals surface area contributed by atoms with Gasteiger partial charge in [-0.1, -0.05) is 0 Å². The smallest absolute Gasteiger partial charge is 0.117 e. The number of rotatable bonds is 4. The molecule has 2 fully saturated rings. The summed E-state index contributed by atoms with van der Waals surface area (Å²) in [5.74, 6) is 1.97. The van der Waals surface area contributed by atoms with Crippen LogP contribution in [0.15, 0.2) is 16.5 Å². The minimum Gasteiger partial charge on any atom is -0.465 e. The fraction of sp³-hybridized carbons (Fsp3) is 0.714. The van der Waals surface area contributed by atoms with Gasteiger partial charge in [0.25, 0.3) is 0 Å². The van der Waals surface area contributed by atoms with Gasteiger partial charge in [0, 0.05) is 19.1 Å². The Morgan fingerprint density at radius 1 is 1.44 bits per heavy atom. The number of hydrogen-bond donors (Lipinski definition) is 1. The van der Waals surface area contributed by atoms with Crippen molar-refractivity contribution in [2.45, 2.75) is 38.5 Å². The first kappa shape index (κ1) is 12.2. The van der Waals surface area contributed by atoms with Crippen LogP contribution in [0.3, 0.4) is 0 Å². The fourth-order valence-corrected chi connectivity index (χ4v) is 2.95. The molecule has 0 bridgehead atoms. The van der Waals surface area contributed by atoms with Gasteiger partial charge in [-0.25, -0.2) is 0 Å². The highest BCUT2D eigenvalue weighted by Crippen LogP contribution is 2.22. The molecule has 0 aliphatic carbocycles. The summed E-state index contributed by atoms with van der Waals surface area (Å²) in [4.78, 5) is 2.58. The summed E-state index contributed by atoms with van der Waals surface area (Å²) in [5, 5.41) is 3.42. The zero-order chi connectivity index (χ0) is 12.4. The van der Waals surface area contributed by atoms with Crippen molar-refractivity contribution in [1.29, 1.82) is 0 Å². The number of nitrogens with one attached hydrogen (secondary N) is 1. The van der Waals surface area contributed by atoms with Gasteiger partial charge in [-0.05, 0) is 38.4 Å². The van der Waals surface area contributed by atoms with Gasteiger partial charge < -0.3 is 14.5 Å². The molecule has 2 aliphatic rings. The normalized spacial score (nSPS) is 28.5. The molecule has 2 aliphatic heterocycles. The zero-order valence-electron chi connectivity index (χ0n) is 11.0. The number of aryl methyl sites for hydroxylation is 1. The summed E-state index contributed by atoms with van der Waals surface area (Å²) < 4.78 is 11.4. The Balaban J connectivity index is 1.41. The molecule has 0 spiro atoms. The first-order valence-electron chi connectivity index (χ1n) is 6.93. The summed E-state index contributed by atoms with van der Waals surface area (Å²) in [6.45, 7) is 6.91. The van der Waals surface area contributed by atoms with Crippen LogP contribution in [-0.2, 0) is 11.3 Å². The molecular formula is C14H22N2O2. The molecule has 2 atom stereocenters. The summed E-state index contributed by atoms with van der Waals surface area (Å²) >= 11 is 0. The maximum Gasteiger partial charge on any atom is 0.117 e. The van der Waals surface area contributed by atoms with Crippen molar-refractivity contribution < 1.29 is 9.15 Å². The van der Waals surface area contributed by atoms with Gasteiger partial charge >= 0.3 is 0 Å². The molecule has 4 heteroatoms. The number of nitrogens with zero attached hydrogens (tertiary/aromatic N) is 1. The molecule has 0 aromatic carbocycles. The largest absolute Gasteiger partial charge is 0.465 e. The second-order valence-electron chi connectivity index (χ2n) is 5.39. The minimum atomic E-state index is 0.329. The van der Waals surface area contributed by atoms with E-state index in [2.05, 4.69) is 10.2 Å². The van der Waals surface area contributed by atoms with Crippen LogP contribution in [0.2, 0.25) is 0 Å². The lowest BCUT2D eigenvalue weighted by molar-refractivity contribution is -0.0471. The van der Waals surface area contributed by atoms with E-state index in [1.165, 1.54) is 19.4 Å². The third kappa shape index (κ3) is 2.76. The Bertz CT molecular complexity index is 391. The highest BCUT2D eigenvalue weighted by molar-refractivity contribution is 5.05. The van der Waals surface area contributed by atoms with E-state index in [-0.39, 0.29) is 0 Å². The van der Waals surface area contributed by atoms with Crippen LogP contribution in [0.1, 0.15) is 24.4 Å². The van der Waals surface area contributed by atoms with Gasteiger partial charge in [0.05, 0.1) is 19.3 Å². The second-order valence-corrected chi connectivity index (χ2v) is 5.39. The molecular weight excluding hydrogens is 228 g/mol. The van der Waals surface area contributed by atoms with Crippen molar-refractivity contribution in [3.8, 4) is 0 Å². The van der Waals surface area contributed by atoms with Crippen LogP contribution in [0.25, 0.3) is 0 Å². The van der Waals surface area contributed by atoms with Gasteiger partial charge in [0.1, 0.15) is 11.5 Å². The molecule has 0 radical (unpaired) electrons. The van der Waals surface area contributed by atoms with E-state index in [1.807, 2.05) is 19.1 Å². The Labute approximate surface area is 108 Å². The van der Waals surface area contributed by atoms with Gasteiger partial charge in [-0.3, -0.25) is 4.90 Å². The average Bonchev–Trinajstić information content (AvgIpc) is 2.97. The molecule has 3 rings (SSSR count). The van der Waals surface area contributed by atoms with Crippen molar-refractivity contribution in [3.05, 3.63) is 23.7 Å².